The minimum absolute atomic E-state index is 0.0318. The molecule has 2 rings (SSSR count). The summed E-state index contributed by atoms with van der Waals surface area (Å²) < 4.78 is 22.6. The first-order chi connectivity index (χ1) is 6.11. The van der Waals surface area contributed by atoms with Crippen LogP contribution in [0.25, 0.3) is 11.0 Å². The fourth-order valence-corrected chi connectivity index (χ4v) is 1.05. The van der Waals surface area contributed by atoms with Gasteiger partial charge in [0.1, 0.15) is 4.60 Å². The Hall–Kier alpha value is -0.900. The molecule has 10 heavy (non-hydrogen) atoms. The third-order valence-electron chi connectivity index (χ3n) is 1.11. The normalized spacial score (nSPS) is 14.7. The standard InChI is InChI=1S/C6H4BrN3/c7-5-4-2-1-3-8-6(4)10-9-5/h1-3H,(H,8,9,10)/i1D,2D,3D. The van der Waals surface area contributed by atoms with Gasteiger partial charge in [-0.3, -0.25) is 5.10 Å². The minimum Gasteiger partial charge on any atom is -0.260 e. The van der Waals surface area contributed by atoms with Gasteiger partial charge in [-0.2, -0.15) is 5.10 Å². The smallest absolute Gasteiger partial charge is 0.156 e. The van der Waals surface area contributed by atoms with Crippen LogP contribution in [0.1, 0.15) is 4.11 Å². The minimum atomic E-state index is -0.214. The fourth-order valence-electron chi connectivity index (χ4n) is 0.678. The highest BCUT2D eigenvalue weighted by molar-refractivity contribution is 9.10. The van der Waals surface area contributed by atoms with Crippen LogP contribution >= 0.6 is 15.9 Å². The molecule has 0 bridgehead atoms. The Morgan fingerprint density at radius 3 is 3.50 bits per heavy atom. The van der Waals surface area contributed by atoms with Crippen molar-refractivity contribution in [3.05, 3.63) is 22.9 Å². The molecule has 0 amide bonds. The van der Waals surface area contributed by atoms with Crippen LogP contribution in [0, 0.1) is 0 Å². The first-order valence-corrected chi connectivity index (χ1v) is 3.38. The van der Waals surface area contributed by atoms with E-state index in [4.69, 9.17) is 4.11 Å². The highest BCUT2D eigenvalue weighted by Crippen LogP contribution is 2.17. The summed E-state index contributed by atoms with van der Waals surface area (Å²) in [6, 6.07) is -0.217. The SMILES string of the molecule is [2H]c1nc2[nH]nc(Br)c2c([2H])c1[2H]. The summed E-state index contributed by atoms with van der Waals surface area (Å²) in [5.74, 6) is 0. The zero-order valence-electron chi connectivity index (χ0n) is 7.77. The molecule has 4 heteroatoms. The highest BCUT2D eigenvalue weighted by atomic mass is 79.9. The van der Waals surface area contributed by atoms with Gasteiger partial charge in [-0.15, -0.1) is 0 Å². The first-order valence-electron chi connectivity index (χ1n) is 4.08. The summed E-state index contributed by atoms with van der Waals surface area (Å²) in [7, 11) is 0. The van der Waals surface area contributed by atoms with E-state index in [1.165, 1.54) is 0 Å². The third-order valence-corrected chi connectivity index (χ3v) is 1.69. The van der Waals surface area contributed by atoms with Crippen molar-refractivity contribution in [1.82, 2.24) is 15.2 Å². The van der Waals surface area contributed by atoms with Crippen LogP contribution in [0.5, 0.6) is 0 Å². The van der Waals surface area contributed by atoms with Gasteiger partial charge in [-0.1, -0.05) is 0 Å². The van der Waals surface area contributed by atoms with Gasteiger partial charge in [-0.05, 0) is 28.0 Å². The first kappa shape index (κ1) is 3.48. The van der Waals surface area contributed by atoms with E-state index in [9.17, 15) is 0 Å². The number of nitrogens with zero attached hydrogens (tertiary/aromatic N) is 2. The highest BCUT2D eigenvalue weighted by Gasteiger charge is 1.99. The quantitative estimate of drug-likeness (QED) is 0.704. The van der Waals surface area contributed by atoms with Crippen molar-refractivity contribution in [1.29, 1.82) is 0 Å². The molecule has 3 nitrogen and oxygen atoms in total. The van der Waals surface area contributed by atoms with Gasteiger partial charge in [0, 0.05) is 6.17 Å². The van der Waals surface area contributed by atoms with Gasteiger partial charge < -0.3 is 0 Å². The number of nitrogens with one attached hydrogen (secondary N) is 1. The topological polar surface area (TPSA) is 41.6 Å². The molecule has 0 aliphatic heterocycles. The molecule has 0 aliphatic carbocycles. The van der Waals surface area contributed by atoms with Crippen LogP contribution in [-0.2, 0) is 0 Å². The van der Waals surface area contributed by atoms with Crippen molar-refractivity contribution >= 4 is 27.0 Å². The Bertz CT molecular complexity index is 481. The van der Waals surface area contributed by atoms with Crippen LogP contribution < -0.4 is 0 Å². The van der Waals surface area contributed by atoms with E-state index < -0.39 is 0 Å². The van der Waals surface area contributed by atoms with Crippen molar-refractivity contribution in [3.63, 3.8) is 0 Å². The molecule has 0 fully saturated rings. The zero-order valence-corrected chi connectivity index (χ0v) is 6.36. The number of aromatic nitrogens is 3. The van der Waals surface area contributed by atoms with Crippen molar-refractivity contribution < 1.29 is 4.11 Å². The lowest BCUT2D eigenvalue weighted by atomic mass is 10.4. The van der Waals surface area contributed by atoms with Gasteiger partial charge in [0.05, 0.1) is 9.50 Å². The number of hydrogen-bond donors (Lipinski definition) is 1. The van der Waals surface area contributed by atoms with E-state index >= 15 is 0 Å². The van der Waals surface area contributed by atoms with E-state index in [-0.39, 0.29) is 18.3 Å². The van der Waals surface area contributed by atoms with E-state index in [2.05, 4.69) is 31.1 Å². The zero-order chi connectivity index (χ0) is 9.59. The number of rotatable bonds is 0. The van der Waals surface area contributed by atoms with Crippen molar-refractivity contribution in [2.75, 3.05) is 0 Å². The fraction of sp³-hybridized carbons (Fsp3) is 0. The lowest BCUT2D eigenvalue weighted by Crippen LogP contribution is -1.71. The maximum atomic E-state index is 7.55. The van der Waals surface area contributed by atoms with Gasteiger partial charge >= 0.3 is 0 Å². The van der Waals surface area contributed by atoms with E-state index in [0.717, 1.165) is 0 Å². The van der Waals surface area contributed by atoms with Crippen molar-refractivity contribution in [2.24, 2.45) is 0 Å². The summed E-state index contributed by atoms with van der Waals surface area (Å²) in [5.41, 5.74) is 0.359. The molecule has 2 aromatic rings. The molecule has 0 aliphatic rings. The van der Waals surface area contributed by atoms with Crippen LogP contribution in [0.15, 0.2) is 22.9 Å². The second kappa shape index (κ2) is 2.05. The predicted molar refractivity (Wildman–Crippen MR) is 41.6 cm³/mol. The molecular formula is C6H4BrN3. The molecule has 0 saturated heterocycles. The average molecular weight is 201 g/mol. The molecule has 0 aromatic carbocycles. The summed E-state index contributed by atoms with van der Waals surface area (Å²) in [6.45, 7) is 0. The van der Waals surface area contributed by atoms with E-state index in [1.807, 2.05) is 0 Å². The number of aromatic amines is 1. The molecule has 1 N–H and O–H groups in total. The molecular weight excluding hydrogens is 194 g/mol. The number of halogens is 1. The molecule has 0 spiro atoms. The maximum Gasteiger partial charge on any atom is 0.156 e. The van der Waals surface area contributed by atoms with Crippen LogP contribution in [-0.4, -0.2) is 15.2 Å². The Morgan fingerprint density at radius 1 is 1.70 bits per heavy atom. The van der Waals surface area contributed by atoms with Gasteiger partial charge in [0.2, 0.25) is 0 Å². The second-order valence-electron chi connectivity index (χ2n) is 1.71. The summed E-state index contributed by atoms with van der Waals surface area (Å²) >= 11 is 3.13. The lowest BCUT2D eigenvalue weighted by molar-refractivity contribution is 1.08. The molecule has 2 heterocycles. The summed E-state index contributed by atoms with van der Waals surface area (Å²) in [6.07, 6.45) is -0.214. The molecule has 50 valence electrons. The van der Waals surface area contributed by atoms with E-state index in [1.54, 1.807) is 0 Å². The van der Waals surface area contributed by atoms with Crippen LogP contribution in [0.4, 0.5) is 0 Å². The average Bonchev–Trinajstić information content (AvgIpc) is 2.43. The Balaban J connectivity index is 2.97. The van der Waals surface area contributed by atoms with Crippen molar-refractivity contribution in [3.8, 4) is 0 Å². The Kier molecular flexibility index (Phi) is 0.715. The summed E-state index contributed by atoms with van der Waals surface area (Å²) in [4.78, 5) is 3.77. The molecule has 0 saturated carbocycles. The molecule has 0 unspecified atom stereocenters. The lowest BCUT2D eigenvalue weighted by Gasteiger charge is -1.82. The number of pyridine rings is 1. The molecule has 0 atom stereocenters. The largest absolute Gasteiger partial charge is 0.260 e. The number of H-pyrrole nitrogens is 1. The van der Waals surface area contributed by atoms with Gasteiger partial charge in [0.15, 0.2) is 5.65 Å². The monoisotopic (exact) mass is 200 g/mol. The third kappa shape index (κ3) is 0.724. The van der Waals surface area contributed by atoms with Crippen molar-refractivity contribution in [2.45, 2.75) is 0 Å². The Labute approximate surface area is 69.8 Å². The van der Waals surface area contributed by atoms with Crippen LogP contribution in [0.3, 0.4) is 0 Å². The van der Waals surface area contributed by atoms with Crippen LogP contribution in [0.2, 0.25) is 0 Å². The van der Waals surface area contributed by atoms with Gasteiger partial charge in [-0.25, -0.2) is 4.98 Å². The van der Waals surface area contributed by atoms with Gasteiger partial charge in [0.25, 0.3) is 0 Å². The number of fused-ring (bicyclic) bond motifs is 1. The molecule has 2 aromatic heterocycles. The maximum absolute atomic E-state index is 7.55. The predicted octanol–water partition coefficient (Wildman–Crippen LogP) is 1.72. The summed E-state index contributed by atoms with van der Waals surface area (Å²) in [5, 5.41) is 6.79. The number of hydrogen-bond acceptors (Lipinski definition) is 2. The van der Waals surface area contributed by atoms with E-state index in [0.29, 0.717) is 15.6 Å². The second-order valence-corrected chi connectivity index (χ2v) is 2.46. The Morgan fingerprint density at radius 2 is 2.60 bits per heavy atom. The molecule has 0 radical (unpaired) electrons.